The predicted molar refractivity (Wildman–Crippen MR) is 120 cm³/mol. The Morgan fingerprint density at radius 1 is 1.18 bits per heavy atom. The van der Waals surface area contributed by atoms with E-state index >= 15 is 0 Å². The number of rotatable bonds is 4. The number of carbonyl (C=O) groups is 1. The van der Waals surface area contributed by atoms with Crippen molar-refractivity contribution in [2.75, 3.05) is 0 Å². The first-order valence-electron chi connectivity index (χ1n) is 11.5. The van der Waals surface area contributed by atoms with Crippen molar-refractivity contribution in [1.29, 1.82) is 0 Å². The van der Waals surface area contributed by atoms with E-state index in [1.54, 1.807) is 0 Å². The number of aliphatic imine (C=N–C) groups is 1. The second-order valence-electron chi connectivity index (χ2n) is 9.73. The van der Waals surface area contributed by atoms with Crippen molar-refractivity contribution in [3.63, 3.8) is 0 Å². The molecule has 2 spiro atoms. The summed E-state index contributed by atoms with van der Waals surface area (Å²) >= 11 is 0. The van der Waals surface area contributed by atoms with Crippen LogP contribution in [0.4, 0.5) is 13.2 Å². The molecule has 9 heteroatoms. The standard InChI is InChI=1S/C25H27F3N4O2/c1-14(2)32-21(33)25(31-23(32)29)19-11-15(20-12-17(26)7-10-30-20)3-4-16(19)13-24(25)8-5-18(6-9-24)34-22(27)28/h3-4,7,10-12,14,18,22H,5-6,8-9,13H2,1-2H3,(H2,29,31). The molecule has 0 radical (unpaired) electrons. The molecule has 34 heavy (non-hydrogen) atoms. The molecule has 0 bridgehead atoms. The first-order valence-corrected chi connectivity index (χ1v) is 11.5. The molecule has 1 saturated carbocycles. The maximum atomic E-state index is 14.1. The van der Waals surface area contributed by atoms with E-state index in [4.69, 9.17) is 15.5 Å². The smallest absolute Gasteiger partial charge is 0.345 e. The van der Waals surface area contributed by atoms with Crippen LogP contribution in [0.25, 0.3) is 11.3 Å². The molecule has 2 aliphatic carbocycles. The van der Waals surface area contributed by atoms with E-state index in [2.05, 4.69) is 4.98 Å². The fraction of sp³-hybridized carbons (Fsp3) is 0.480. The van der Waals surface area contributed by atoms with Crippen LogP contribution in [0.2, 0.25) is 0 Å². The number of carbonyl (C=O) groups excluding carboxylic acids is 1. The number of amides is 1. The van der Waals surface area contributed by atoms with Crippen molar-refractivity contribution in [3.8, 4) is 11.3 Å². The van der Waals surface area contributed by atoms with E-state index in [0.717, 1.165) is 11.1 Å². The van der Waals surface area contributed by atoms with Gasteiger partial charge < -0.3 is 10.5 Å². The van der Waals surface area contributed by atoms with Crippen LogP contribution in [-0.2, 0) is 21.5 Å². The Kier molecular flexibility index (Phi) is 5.42. The summed E-state index contributed by atoms with van der Waals surface area (Å²) in [6.45, 7) is 0.929. The minimum atomic E-state index is -2.83. The SMILES string of the molecule is CC(C)N1C(=O)C2(N=C1N)c1cc(-c3cc(F)ccn3)ccc1CC21CCC(OC(F)F)CC1. The van der Waals surface area contributed by atoms with Gasteiger partial charge in [0, 0.05) is 29.3 Å². The van der Waals surface area contributed by atoms with Crippen LogP contribution in [-0.4, -0.2) is 40.5 Å². The third-order valence-electron chi connectivity index (χ3n) is 7.57. The molecule has 0 saturated heterocycles. The van der Waals surface area contributed by atoms with Gasteiger partial charge in [-0.05, 0) is 69.2 Å². The Balaban J connectivity index is 1.63. The molecule has 180 valence electrons. The lowest BCUT2D eigenvalue weighted by atomic mass is 9.61. The molecule has 2 heterocycles. The van der Waals surface area contributed by atoms with Crippen LogP contribution in [0.15, 0.2) is 41.5 Å². The molecule has 1 fully saturated rings. The molecule has 6 nitrogen and oxygen atoms in total. The molecule has 3 aliphatic rings. The van der Waals surface area contributed by atoms with Crippen LogP contribution in [0.1, 0.15) is 50.7 Å². The number of benzene rings is 1. The Hall–Kier alpha value is -2.94. The quantitative estimate of drug-likeness (QED) is 0.717. The highest BCUT2D eigenvalue weighted by Gasteiger charge is 2.67. The van der Waals surface area contributed by atoms with Gasteiger partial charge in [-0.3, -0.25) is 14.7 Å². The summed E-state index contributed by atoms with van der Waals surface area (Å²) in [5.41, 5.74) is 7.28. The highest BCUT2D eigenvalue weighted by molar-refractivity contribution is 6.08. The van der Waals surface area contributed by atoms with Crippen LogP contribution in [0, 0.1) is 11.2 Å². The van der Waals surface area contributed by atoms with Gasteiger partial charge in [-0.25, -0.2) is 9.38 Å². The second-order valence-corrected chi connectivity index (χ2v) is 9.73. The number of ether oxygens (including phenoxy) is 1. The van der Waals surface area contributed by atoms with Crippen molar-refractivity contribution < 1.29 is 22.7 Å². The first kappa shape index (κ1) is 22.8. The third kappa shape index (κ3) is 3.32. The van der Waals surface area contributed by atoms with E-state index in [1.165, 1.54) is 23.2 Å². The Morgan fingerprint density at radius 3 is 2.53 bits per heavy atom. The highest BCUT2D eigenvalue weighted by Crippen LogP contribution is 2.62. The Morgan fingerprint density at radius 2 is 1.91 bits per heavy atom. The topological polar surface area (TPSA) is 80.8 Å². The van der Waals surface area contributed by atoms with Gasteiger partial charge in [-0.1, -0.05) is 12.1 Å². The number of pyridine rings is 1. The molecule has 1 unspecified atom stereocenters. The molecular formula is C25H27F3N4O2. The van der Waals surface area contributed by atoms with Crippen molar-refractivity contribution in [2.45, 2.75) is 70.2 Å². The van der Waals surface area contributed by atoms with Crippen molar-refractivity contribution in [3.05, 3.63) is 53.5 Å². The average Bonchev–Trinajstić information content (AvgIpc) is 3.20. The normalized spacial score (nSPS) is 28.4. The summed E-state index contributed by atoms with van der Waals surface area (Å²) in [6.07, 6.45) is 3.23. The fourth-order valence-corrected chi connectivity index (χ4v) is 6.10. The van der Waals surface area contributed by atoms with Gasteiger partial charge in [-0.2, -0.15) is 8.78 Å². The number of guanidine groups is 1. The van der Waals surface area contributed by atoms with Gasteiger partial charge in [0.2, 0.25) is 0 Å². The molecule has 1 aliphatic heterocycles. The van der Waals surface area contributed by atoms with Crippen molar-refractivity contribution >= 4 is 11.9 Å². The van der Waals surface area contributed by atoms with Gasteiger partial charge in [0.05, 0.1) is 11.8 Å². The number of aromatic nitrogens is 1. The van der Waals surface area contributed by atoms with Gasteiger partial charge in [-0.15, -0.1) is 0 Å². The van der Waals surface area contributed by atoms with E-state index in [9.17, 15) is 18.0 Å². The van der Waals surface area contributed by atoms with Crippen LogP contribution < -0.4 is 5.73 Å². The molecule has 1 aromatic carbocycles. The van der Waals surface area contributed by atoms with Gasteiger partial charge in [0.25, 0.3) is 5.91 Å². The monoisotopic (exact) mass is 472 g/mol. The summed E-state index contributed by atoms with van der Waals surface area (Å²) in [6, 6.07) is 8.10. The van der Waals surface area contributed by atoms with Crippen LogP contribution in [0.5, 0.6) is 0 Å². The Labute approximate surface area is 196 Å². The maximum Gasteiger partial charge on any atom is 0.345 e. The van der Waals surface area contributed by atoms with E-state index in [-0.39, 0.29) is 17.9 Å². The summed E-state index contributed by atoms with van der Waals surface area (Å²) in [7, 11) is 0. The molecule has 1 atom stereocenters. The summed E-state index contributed by atoms with van der Waals surface area (Å²) in [5, 5.41) is 0. The van der Waals surface area contributed by atoms with Crippen LogP contribution in [0.3, 0.4) is 0 Å². The molecule has 5 rings (SSSR count). The molecule has 2 aromatic rings. The lowest BCUT2D eigenvalue weighted by Crippen LogP contribution is -2.53. The average molecular weight is 473 g/mol. The van der Waals surface area contributed by atoms with Gasteiger partial charge in [0.1, 0.15) is 5.82 Å². The molecule has 2 N–H and O–H groups in total. The number of hydrogen-bond acceptors (Lipinski definition) is 5. The summed E-state index contributed by atoms with van der Waals surface area (Å²) in [5.74, 6) is -0.442. The zero-order valence-corrected chi connectivity index (χ0v) is 19.1. The minimum Gasteiger partial charge on any atom is -0.369 e. The fourth-order valence-electron chi connectivity index (χ4n) is 6.10. The highest BCUT2D eigenvalue weighted by atomic mass is 19.3. The molecule has 1 aromatic heterocycles. The number of fused-ring (bicyclic) bond motifs is 3. The van der Waals surface area contributed by atoms with Crippen molar-refractivity contribution in [1.82, 2.24) is 9.88 Å². The van der Waals surface area contributed by atoms with Crippen molar-refractivity contribution in [2.24, 2.45) is 16.1 Å². The Bertz CT molecular complexity index is 1160. The van der Waals surface area contributed by atoms with E-state index in [0.29, 0.717) is 43.4 Å². The lowest BCUT2D eigenvalue weighted by molar-refractivity contribution is -0.179. The number of nitrogens with zero attached hydrogens (tertiary/aromatic N) is 3. The summed E-state index contributed by atoms with van der Waals surface area (Å²) in [4.78, 5) is 24.7. The van der Waals surface area contributed by atoms with Gasteiger partial charge >= 0.3 is 6.61 Å². The number of halogens is 3. The molecular weight excluding hydrogens is 445 g/mol. The number of hydrogen-bond donors (Lipinski definition) is 1. The molecule has 1 amide bonds. The van der Waals surface area contributed by atoms with Gasteiger partial charge in [0.15, 0.2) is 11.5 Å². The van der Waals surface area contributed by atoms with Crippen LogP contribution >= 0.6 is 0 Å². The van der Waals surface area contributed by atoms with E-state index in [1.807, 2.05) is 32.0 Å². The maximum absolute atomic E-state index is 14.1. The minimum absolute atomic E-state index is 0.160. The zero-order chi connectivity index (χ0) is 24.3. The predicted octanol–water partition coefficient (Wildman–Crippen LogP) is 4.37. The summed E-state index contributed by atoms with van der Waals surface area (Å²) < 4.78 is 44.3. The zero-order valence-electron chi connectivity index (χ0n) is 19.1. The number of nitrogens with two attached hydrogens (primary N) is 1. The van der Waals surface area contributed by atoms with E-state index < -0.39 is 29.5 Å². The first-order chi connectivity index (χ1) is 16.2. The number of alkyl halides is 2. The second kappa shape index (κ2) is 8.08. The largest absolute Gasteiger partial charge is 0.369 e. The lowest BCUT2D eigenvalue weighted by Gasteiger charge is -2.45. The third-order valence-corrected chi connectivity index (χ3v) is 7.57.